The number of carbonyl (C=O) groups is 3. The van der Waals surface area contributed by atoms with Crippen LogP contribution in [0.3, 0.4) is 0 Å². The Morgan fingerprint density at radius 1 is 1.30 bits per heavy atom. The molecule has 180 valence electrons. The Kier molecular flexibility index (Phi) is 6.77. The number of fused-ring (bicyclic) bond motifs is 1. The average molecular weight is 459 g/mol. The van der Waals surface area contributed by atoms with E-state index in [9.17, 15) is 19.5 Å². The molecule has 3 aliphatic heterocycles. The highest BCUT2D eigenvalue weighted by atomic mass is 16.6. The number of hydrogen-bond donors (Lipinski definition) is 2. The first-order valence-electron chi connectivity index (χ1n) is 12.0. The molecule has 8 nitrogen and oxygen atoms in total. The van der Waals surface area contributed by atoms with Gasteiger partial charge in [-0.1, -0.05) is 50.6 Å². The number of rotatable bonds is 9. The molecule has 0 aliphatic carbocycles. The second-order valence-electron chi connectivity index (χ2n) is 9.39. The number of hydrogen-bond acceptors (Lipinski definition) is 6. The lowest BCUT2D eigenvalue weighted by atomic mass is 9.70. The van der Waals surface area contributed by atoms with Gasteiger partial charge in [0.1, 0.15) is 11.6 Å². The molecule has 0 saturated carbocycles. The van der Waals surface area contributed by atoms with Gasteiger partial charge >= 0.3 is 5.97 Å². The van der Waals surface area contributed by atoms with E-state index >= 15 is 0 Å². The van der Waals surface area contributed by atoms with Crippen LogP contribution in [0.1, 0.15) is 45.6 Å². The number of carbonyl (C=O) groups excluding carboxylic acids is 3. The Balaban J connectivity index is 1.70. The van der Waals surface area contributed by atoms with Crippen LogP contribution in [0.15, 0.2) is 30.3 Å². The van der Waals surface area contributed by atoms with Gasteiger partial charge in [-0.25, -0.2) is 0 Å². The molecule has 7 atom stereocenters. The van der Waals surface area contributed by atoms with Gasteiger partial charge < -0.3 is 24.8 Å². The largest absolute Gasteiger partial charge is 0.466 e. The molecule has 1 aromatic carbocycles. The van der Waals surface area contributed by atoms with E-state index in [1.54, 1.807) is 6.92 Å². The molecule has 1 spiro atoms. The molecule has 1 aromatic rings. The SMILES string of the molecule is CCOC(=O)[C@@H]1[C@H]2C(=O)N([C@@H](CO)[C@@H](C)CC)C(C(=O)NCc3ccccc3)C23CC[C@H]1O3. The van der Waals surface area contributed by atoms with Gasteiger partial charge in [-0.3, -0.25) is 14.4 Å². The lowest BCUT2D eigenvalue weighted by molar-refractivity contribution is -0.156. The number of ether oxygens (including phenoxy) is 2. The van der Waals surface area contributed by atoms with Crippen LogP contribution < -0.4 is 5.32 Å². The molecule has 4 rings (SSSR count). The van der Waals surface area contributed by atoms with Crippen molar-refractivity contribution in [1.29, 1.82) is 0 Å². The van der Waals surface area contributed by atoms with Crippen LogP contribution in [0, 0.1) is 17.8 Å². The van der Waals surface area contributed by atoms with Gasteiger partial charge in [0, 0.05) is 6.54 Å². The first kappa shape index (κ1) is 23.7. The Morgan fingerprint density at radius 3 is 2.67 bits per heavy atom. The zero-order valence-corrected chi connectivity index (χ0v) is 19.5. The molecule has 2 bridgehead atoms. The minimum Gasteiger partial charge on any atom is -0.466 e. The first-order valence-corrected chi connectivity index (χ1v) is 12.0. The summed E-state index contributed by atoms with van der Waals surface area (Å²) in [6.45, 7) is 5.94. The number of aliphatic hydroxyl groups excluding tert-OH is 1. The molecule has 2 N–H and O–H groups in total. The summed E-state index contributed by atoms with van der Waals surface area (Å²) < 4.78 is 11.6. The standard InChI is InChI=1S/C25H34N2O6/c1-4-15(3)17(14-28)27-21(22(29)26-13-16-9-7-6-8-10-16)25-12-11-18(33-25)19(20(25)23(27)30)24(31)32-5-2/h6-10,15,17-21,28H,4-5,11-14H2,1-3H3,(H,26,29)/t15-,17-,18+,19-,20-,21?,25?/m0/s1. The maximum Gasteiger partial charge on any atom is 0.312 e. The Labute approximate surface area is 194 Å². The van der Waals surface area contributed by atoms with Crippen molar-refractivity contribution >= 4 is 17.8 Å². The van der Waals surface area contributed by atoms with Gasteiger partial charge in [0.15, 0.2) is 0 Å². The van der Waals surface area contributed by atoms with Gasteiger partial charge in [0.25, 0.3) is 0 Å². The predicted octanol–water partition coefficient (Wildman–Crippen LogP) is 1.65. The van der Waals surface area contributed by atoms with Crippen LogP contribution >= 0.6 is 0 Å². The summed E-state index contributed by atoms with van der Waals surface area (Å²) in [6, 6.07) is 8.10. The third kappa shape index (κ3) is 3.83. The summed E-state index contributed by atoms with van der Waals surface area (Å²) in [5.74, 6) is -2.59. The van der Waals surface area contributed by atoms with Crippen LogP contribution in [0.5, 0.6) is 0 Å². The van der Waals surface area contributed by atoms with Crippen molar-refractivity contribution in [3.05, 3.63) is 35.9 Å². The summed E-state index contributed by atoms with van der Waals surface area (Å²) in [5.41, 5.74) is -0.140. The Hall–Kier alpha value is -2.45. The summed E-state index contributed by atoms with van der Waals surface area (Å²) in [7, 11) is 0. The van der Waals surface area contributed by atoms with E-state index in [0.29, 0.717) is 19.4 Å². The molecule has 0 radical (unpaired) electrons. The Morgan fingerprint density at radius 2 is 2.03 bits per heavy atom. The van der Waals surface area contributed by atoms with Crippen molar-refractivity contribution in [2.75, 3.05) is 13.2 Å². The van der Waals surface area contributed by atoms with Crippen molar-refractivity contribution in [2.24, 2.45) is 17.8 Å². The number of nitrogens with one attached hydrogen (secondary N) is 1. The molecule has 3 saturated heterocycles. The van der Waals surface area contributed by atoms with Gasteiger partial charge in [-0.15, -0.1) is 0 Å². The molecular weight excluding hydrogens is 424 g/mol. The minimum absolute atomic E-state index is 0.0307. The van der Waals surface area contributed by atoms with E-state index in [4.69, 9.17) is 9.47 Å². The van der Waals surface area contributed by atoms with Gasteiger partial charge in [-0.05, 0) is 31.2 Å². The smallest absolute Gasteiger partial charge is 0.312 e. The second kappa shape index (κ2) is 9.43. The van der Waals surface area contributed by atoms with Crippen molar-refractivity contribution in [3.8, 4) is 0 Å². The van der Waals surface area contributed by atoms with Crippen molar-refractivity contribution in [2.45, 2.75) is 70.4 Å². The van der Waals surface area contributed by atoms with Gasteiger partial charge in [0.05, 0.1) is 37.2 Å². The maximum atomic E-state index is 13.8. The van der Waals surface area contributed by atoms with E-state index in [1.807, 2.05) is 44.2 Å². The Bertz CT molecular complexity index is 892. The van der Waals surface area contributed by atoms with Gasteiger partial charge in [0.2, 0.25) is 11.8 Å². The fraction of sp³-hybridized carbons (Fsp3) is 0.640. The van der Waals surface area contributed by atoms with Crippen molar-refractivity contribution < 1.29 is 29.0 Å². The van der Waals surface area contributed by atoms with E-state index in [0.717, 1.165) is 12.0 Å². The molecular formula is C25H34N2O6. The monoisotopic (exact) mass is 458 g/mol. The molecule has 33 heavy (non-hydrogen) atoms. The lowest BCUT2D eigenvalue weighted by Crippen LogP contribution is -2.59. The highest BCUT2D eigenvalue weighted by Crippen LogP contribution is 2.59. The van der Waals surface area contributed by atoms with E-state index in [-0.39, 0.29) is 30.9 Å². The molecule has 0 aromatic heterocycles. The normalized spacial score (nSPS) is 31.9. The number of aliphatic hydroxyl groups is 1. The quantitative estimate of drug-likeness (QED) is 0.545. The van der Waals surface area contributed by atoms with E-state index < -0.39 is 41.6 Å². The molecule has 2 amide bonds. The molecule has 8 heteroatoms. The van der Waals surface area contributed by atoms with E-state index in [1.165, 1.54) is 4.90 Å². The first-order chi connectivity index (χ1) is 15.9. The van der Waals surface area contributed by atoms with Crippen LogP contribution in [0.4, 0.5) is 0 Å². The predicted molar refractivity (Wildman–Crippen MR) is 120 cm³/mol. The summed E-state index contributed by atoms with van der Waals surface area (Å²) in [6.07, 6.45) is 1.41. The van der Waals surface area contributed by atoms with Crippen LogP contribution in [-0.4, -0.2) is 64.8 Å². The number of esters is 1. The summed E-state index contributed by atoms with van der Waals surface area (Å²) >= 11 is 0. The van der Waals surface area contributed by atoms with Crippen LogP contribution in [0.2, 0.25) is 0 Å². The van der Waals surface area contributed by atoms with Crippen molar-refractivity contribution in [3.63, 3.8) is 0 Å². The number of amides is 2. The lowest BCUT2D eigenvalue weighted by Gasteiger charge is -2.38. The van der Waals surface area contributed by atoms with Crippen molar-refractivity contribution in [1.82, 2.24) is 10.2 Å². The van der Waals surface area contributed by atoms with Crippen LogP contribution in [-0.2, 0) is 30.4 Å². The third-order valence-corrected chi connectivity index (χ3v) is 7.70. The second-order valence-corrected chi connectivity index (χ2v) is 9.39. The molecule has 3 aliphatic rings. The maximum absolute atomic E-state index is 13.8. The average Bonchev–Trinajstić information content (AvgIpc) is 3.46. The highest BCUT2D eigenvalue weighted by Gasteiger charge is 2.75. The molecule has 2 unspecified atom stereocenters. The zero-order valence-electron chi connectivity index (χ0n) is 19.5. The zero-order chi connectivity index (χ0) is 23.8. The van der Waals surface area contributed by atoms with E-state index in [2.05, 4.69) is 5.32 Å². The summed E-state index contributed by atoms with van der Waals surface area (Å²) in [4.78, 5) is 41.8. The number of benzene rings is 1. The number of nitrogens with zero attached hydrogens (tertiary/aromatic N) is 1. The molecule has 3 fully saturated rings. The topological polar surface area (TPSA) is 105 Å². The summed E-state index contributed by atoms with van der Waals surface area (Å²) in [5, 5.41) is 13.2. The third-order valence-electron chi connectivity index (χ3n) is 7.70. The molecule has 3 heterocycles. The fourth-order valence-corrected chi connectivity index (χ4v) is 5.95. The number of likely N-dealkylation sites (tertiary alicyclic amines) is 1. The fourth-order valence-electron chi connectivity index (χ4n) is 5.95. The minimum atomic E-state index is -1.08. The van der Waals surface area contributed by atoms with Crippen LogP contribution in [0.25, 0.3) is 0 Å². The van der Waals surface area contributed by atoms with Gasteiger partial charge in [-0.2, -0.15) is 0 Å². The highest BCUT2D eigenvalue weighted by molar-refractivity contribution is 5.98.